The molecule has 0 aliphatic rings. The van der Waals surface area contributed by atoms with E-state index in [2.05, 4.69) is 10.1 Å². The van der Waals surface area contributed by atoms with Crippen molar-refractivity contribution in [1.82, 2.24) is 5.32 Å². The van der Waals surface area contributed by atoms with Gasteiger partial charge in [0.15, 0.2) is 0 Å². The highest BCUT2D eigenvalue weighted by Gasteiger charge is 2.24. The van der Waals surface area contributed by atoms with Crippen molar-refractivity contribution < 1.29 is 24.2 Å². The van der Waals surface area contributed by atoms with Crippen LogP contribution in [0, 0.1) is 0 Å². The first kappa shape index (κ1) is 17.1. The molecule has 6 nitrogen and oxygen atoms in total. The fourth-order valence-electron chi connectivity index (χ4n) is 1.03. The molecule has 0 spiro atoms. The van der Waals surface area contributed by atoms with E-state index in [0.29, 0.717) is 11.5 Å². The summed E-state index contributed by atoms with van der Waals surface area (Å²) in [6, 6.07) is -0.776. The second-order valence-corrected chi connectivity index (χ2v) is 5.67. The molecule has 1 atom stereocenters. The largest absolute Gasteiger partial charge is 0.467 e. The lowest BCUT2D eigenvalue weighted by molar-refractivity contribution is -0.142. The molecule has 0 heterocycles. The highest BCUT2D eigenvalue weighted by Crippen LogP contribution is 2.08. The van der Waals surface area contributed by atoms with Crippen LogP contribution in [0.15, 0.2) is 0 Å². The maximum Gasteiger partial charge on any atom is 0.408 e. The average Bonchev–Trinajstić information content (AvgIpc) is 2.24. The number of amides is 1. The summed E-state index contributed by atoms with van der Waals surface area (Å²) in [6.07, 6.45) is -0.664. The third kappa shape index (κ3) is 8.19. The van der Waals surface area contributed by atoms with Crippen LogP contribution in [0.25, 0.3) is 0 Å². The number of alkyl carbamates (subject to hydrolysis) is 1. The van der Waals surface area contributed by atoms with Crippen molar-refractivity contribution in [2.24, 2.45) is 0 Å². The number of carbonyl (C=O) groups is 2. The number of aliphatic hydroxyl groups is 1. The van der Waals surface area contributed by atoms with E-state index in [0.717, 1.165) is 0 Å². The van der Waals surface area contributed by atoms with Crippen LogP contribution in [0.1, 0.15) is 20.8 Å². The Labute approximate surface area is 111 Å². The minimum Gasteiger partial charge on any atom is -0.467 e. The Bertz CT molecular complexity index is 277. The van der Waals surface area contributed by atoms with Crippen molar-refractivity contribution in [3.63, 3.8) is 0 Å². The Balaban J connectivity index is 4.31. The van der Waals surface area contributed by atoms with Crippen LogP contribution in [-0.4, -0.2) is 54.0 Å². The smallest absolute Gasteiger partial charge is 0.408 e. The van der Waals surface area contributed by atoms with Gasteiger partial charge in [0.1, 0.15) is 11.6 Å². The van der Waals surface area contributed by atoms with E-state index >= 15 is 0 Å². The second kappa shape index (κ2) is 8.20. The number of rotatable bonds is 6. The van der Waals surface area contributed by atoms with Crippen molar-refractivity contribution >= 4 is 23.8 Å². The summed E-state index contributed by atoms with van der Waals surface area (Å²) in [5.41, 5.74) is -0.622. The number of hydrogen-bond acceptors (Lipinski definition) is 6. The van der Waals surface area contributed by atoms with Crippen molar-refractivity contribution in [3.8, 4) is 0 Å². The molecular weight excluding hydrogens is 258 g/mol. The number of ether oxygens (including phenoxy) is 2. The molecule has 0 unspecified atom stereocenters. The lowest BCUT2D eigenvalue weighted by Crippen LogP contribution is -2.45. The first-order valence-corrected chi connectivity index (χ1v) is 6.71. The number of esters is 1. The Morgan fingerprint density at radius 2 is 2.00 bits per heavy atom. The third-order valence-electron chi connectivity index (χ3n) is 1.70. The van der Waals surface area contributed by atoms with Crippen molar-refractivity contribution in [1.29, 1.82) is 0 Å². The molecule has 0 saturated heterocycles. The summed E-state index contributed by atoms with van der Waals surface area (Å²) in [4.78, 5) is 23.0. The topological polar surface area (TPSA) is 84.9 Å². The van der Waals surface area contributed by atoms with Gasteiger partial charge in [-0.3, -0.25) is 0 Å². The molecule has 0 bridgehead atoms. The predicted molar refractivity (Wildman–Crippen MR) is 69.6 cm³/mol. The highest BCUT2D eigenvalue weighted by atomic mass is 32.2. The number of thioether (sulfide) groups is 1. The van der Waals surface area contributed by atoms with Gasteiger partial charge in [-0.05, 0) is 20.8 Å². The predicted octanol–water partition coefficient (Wildman–Crippen LogP) is 0.778. The van der Waals surface area contributed by atoms with Gasteiger partial charge in [0.2, 0.25) is 0 Å². The molecule has 2 N–H and O–H groups in total. The van der Waals surface area contributed by atoms with Crippen molar-refractivity contribution in [2.45, 2.75) is 32.4 Å². The number of methoxy groups -OCH3 is 1. The number of nitrogens with one attached hydrogen (secondary N) is 1. The highest BCUT2D eigenvalue weighted by molar-refractivity contribution is 7.99. The van der Waals surface area contributed by atoms with Crippen LogP contribution >= 0.6 is 11.8 Å². The lowest BCUT2D eigenvalue weighted by Gasteiger charge is -2.22. The Morgan fingerprint density at radius 3 is 2.44 bits per heavy atom. The zero-order valence-corrected chi connectivity index (χ0v) is 12.0. The lowest BCUT2D eigenvalue weighted by atomic mass is 10.2. The van der Waals surface area contributed by atoms with E-state index in [4.69, 9.17) is 9.84 Å². The number of hydrogen-bond donors (Lipinski definition) is 2. The molecule has 0 saturated carbocycles. The van der Waals surface area contributed by atoms with Gasteiger partial charge in [-0.2, -0.15) is 11.8 Å². The van der Waals surface area contributed by atoms with Gasteiger partial charge in [0.05, 0.1) is 13.7 Å². The standard InChI is InChI=1S/C11H21NO5S/c1-11(2,3)17-10(15)12-8(9(14)16-4)7-18-6-5-13/h8,13H,5-7H2,1-4H3,(H,12,15)/t8-/m1/s1. The Kier molecular flexibility index (Phi) is 7.77. The first-order chi connectivity index (χ1) is 8.30. The number of aliphatic hydroxyl groups excluding tert-OH is 1. The van der Waals surface area contributed by atoms with Gasteiger partial charge in [0, 0.05) is 11.5 Å². The average molecular weight is 279 g/mol. The normalized spacial score (nSPS) is 12.7. The zero-order chi connectivity index (χ0) is 14.2. The van der Waals surface area contributed by atoms with Crippen LogP contribution in [0.5, 0.6) is 0 Å². The minimum atomic E-state index is -0.776. The fraction of sp³-hybridized carbons (Fsp3) is 0.818. The summed E-state index contributed by atoms with van der Waals surface area (Å²) < 4.78 is 9.64. The van der Waals surface area contributed by atoms with Gasteiger partial charge in [-0.1, -0.05) is 0 Å². The number of carbonyl (C=O) groups excluding carboxylic acids is 2. The van der Waals surface area contributed by atoms with Gasteiger partial charge in [-0.15, -0.1) is 0 Å². The zero-order valence-electron chi connectivity index (χ0n) is 11.2. The molecule has 7 heteroatoms. The maximum absolute atomic E-state index is 11.5. The Hall–Kier alpha value is -0.950. The molecule has 0 aromatic heterocycles. The van der Waals surface area contributed by atoms with Gasteiger partial charge in [-0.25, -0.2) is 9.59 Å². The van der Waals surface area contributed by atoms with E-state index in [1.54, 1.807) is 20.8 Å². The molecule has 0 aliphatic heterocycles. The molecule has 0 aliphatic carbocycles. The summed E-state index contributed by atoms with van der Waals surface area (Å²) in [5, 5.41) is 11.1. The Morgan fingerprint density at radius 1 is 1.39 bits per heavy atom. The van der Waals surface area contributed by atoms with E-state index in [9.17, 15) is 9.59 Å². The van der Waals surface area contributed by atoms with Gasteiger partial charge in [0.25, 0.3) is 0 Å². The summed E-state index contributed by atoms with van der Waals surface area (Å²) in [7, 11) is 1.25. The molecule has 0 fully saturated rings. The molecule has 0 aromatic carbocycles. The SMILES string of the molecule is COC(=O)[C@@H](CSCCO)NC(=O)OC(C)(C)C. The maximum atomic E-state index is 11.5. The van der Waals surface area contributed by atoms with Crippen LogP contribution in [-0.2, 0) is 14.3 Å². The molecule has 0 radical (unpaired) electrons. The van der Waals surface area contributed by atoms with E-state index in [1.165, 1.54) is 18.9 Å². The summed E-state index contributed by atoms with van der Waals surface area (Å²) >= 11 is 1.34. The summed E-state index contributed by atoms with van der Waals surface area (Å²) in [6.45, 7) is 5.23. The van der Waals surface area contributed by atoms with Crippen LogP contribution in [0.4, 0.5) is 4.79 Å². The van der Waals surface area contributed by atoms with Gasteiger partial charge < -0.3 is 19.9 Å². The second-order valence-electron chi connectivity index (χ2n) is 4.52. The third-order valence-corrected chi connectivity index (χ3v) is 2.74. The fourth-order valence-corrected chi connectivity index (χ4v) is 1.78. The van der Waals surface area contributed by atoms with Crippen LogP contribution < -0.4 is 5.32 Å². The van der Waals surface area contributed by atoms with Crippen molar-refractivity contribution in [2.75, 3.05) is 25.2 Å². The minimum absolute atomic E-state index is 0.0188. The van der Waals surface area contributed by atoms with E-state index in [1.807, 2.05) is 0 Å². The molecule has 1 amide bonds. The van der Waals surface area contributed by atoms with Crippen LogP contribution in [0.3, 0.4) is 0 Å². The summed E-state index contributed by atoms with van der Waals surface area (Å²) in [5.74, 6) is 0.280. The van der Waals surface area contributed by atoms with E-state index < -0.39 is 23.7 Å². The molecule has 106 valence electrons. The molecule has 0 rings (SSSR count). The molecular formula is C11H21NO5S. The monoisotopic (exact) mass is 279 g/mol. The van der Waals surface area contributed by atoms with Gasteiger partial charge >= 0.3 is 12.1 Å². The molecule has 0 aromatic rings. The quantitative estimate of drug-likeness (QED) is 0.552. The van der Waals surface area contributed by atoms with Crippen LogP contribution in [0.2, 0.25) is 0 Å². The van der Waals surface area contributed by atoms with Crippen molar-refractivity contribution in [3.05, 3.63) is 0 Å². The molecule has 18 heavy (non-hydrogen) atoms. The first-order valence-electron chi connectivity index (χ1n) is 5.56. The van der Waals surface area contributed by atoms with E-state index in [-0.39, 0.29) is 6.61 Å².